The molecule has 4 rings (SSSR count). The number of aromatic nitrogens is 1. The van der Waals surface area contributed by atoms with Crippen molar-refractivity contribution in [2.45, 2.75) is 38.7 Å². The third-order valence-electron chi connectivity index (χ3n) is 5.87. The smallest absolute Gasteiger partial charge is 0.119 e. The van der Waals surface area contributed by atoms with Crippen LogP contribution in [0.3, 0.4) is 0 Å². The highest BCUT2D eigenvalue weighted by atomic mass is 16.5. The van der Waals surface area contributed by atoms with Crippen molar-refractivity contribution in [3.63, 3.8) is 0 Å². The van der Waals surface area contributed by atoms with Crippen molar-refractivity contribution >= 4 is 10.9 Å². The van der Waals surface area contributed by atoms with E-state index in [1.54, 1.807) is 0 Å². The Hall–Kier alpha value is -2.30. The Bertz CT molecular complexity index is 908. The van der Waals surface area contributed by atoms with Crippen molar-refractivity contribution in [2.24, 2.45) is 0 Å². The third kappa shape index (κ3) is 4.23. The van der Waals surface area contributed by atoms with Crippen LogP contribution in [0, 0.1) is 13.8 Å². The van der Waals surface area contributed by atoms with Crippen molar-refractivity contribution in [1.29, 1.82) is 0 Å². The summed E-state index contributed by atoms with van der Waals surface area (Å²) in [5, 5.41) is 11.7. The van der Waals surface area contributed by atoms with Gasteiger partial charge in [-0.25, -0.2) is 0 Å². The Morgan fingerprint density at radius 2 is 1.79 bits per heavy atom. The zero-order chi connectivity index (χ0) is 19.5. The number of nitrogens with zero attached hydrogens (tertiary/aromatic N) is 1. The largest absolute Gasteiger partial charge is 0.491 e. The van der Waals surface area contributed by atoms with Crippen LogP contribution in [-0.4, -0.2) is 47.3 Å². The van der Waals surface area contributed by atoms with E-state index in [1.165, 1.54) is 27.7 Å². The summed E-state index contributed by atoms with van der Waals surface area (Å²) in [7, 11) is 0. The summed E-state index contributed by atoms with van der Waals surface area (Å²) in [5.41, 5.74) is 5.23. The maximum absolute atomic E-state index is 10.4. The van der Waals surface area contributed by atoms with E-state index < -0.39 is 6.10 Å². The minimum Gasteiger partial charge on any atom is -0.491 e. The molecule has 1 aliphatic heterocycles. The number of nitrogens with one attached hydrogen (secondary N) is 1. The number of aliphatic hydroxyl groups excluding tert-OH is 1. The molecule has 1 unspecified atom stereocenters. The number of likely N-dealkylation sites (tertiary alicyclic amines) is 1. The van der Waals surface area contributed by atoms with Crippen LogP contribution >= 0.6 is 0 Å². The van der Waals surface area contributed by atoms with E-state index in [-0.39, 0.29) is 0 Å². The Balaban J connectivity index is 1.29. The average Bonchev–Trinajstić information content (AvgIpc) is 3.04. The number of ether oxygens (including phenoxy) is 1. The highest BCUT2D eigenvalue weighted by molar-refractivity contribution is 5.85. The molecule has 0 saturated carbocycles. The van der Waals surface area contributed by atoms with Crippen molar-refractivity contribution in [1.82, 2.24) is 9.88 Å². The number of aliphatic hydroxyl groups is 1. The monoisotopic (exact) mass is 378 g/mol. The van der Waals surface area contributed by atoms with Crippen LogP contribution in [0.1, 0.15) is 35.6 Å². The fourth-order valence-corrected chi connectivity index (χ4v) is 4.41. The van der Waals surface area contributed by atoms with Gasteiger partial charge in [-0.2, -0.15) is 0 Å². The number of H-pyrrole nitrogens is 1. The summed E-state index contributed by atoms with van der Waals surface area (Å²) in [6.07, 6.45) is 1.80. The minimum atomic E-state index is -0.465. The predicted octanol–water partition coefficient (Wildman–Crippen LogP) is 4.40. The van der Waals surface area contributed by atoms with Crippen LogP contribution in [0.5, 0.6) is 5.75 Å². The molecular weight excluding hydrogens is 348 g/mol. The summed E-state index contributed by atoms with van der Waals surface area (Å²) in [6, 6.07) is 16.6. The fraction of sp³-hybridized carbons (Fsp3) is 0.417. The summed E-state index contributed by atoms with van der Waals surface area (Å²) in [4.78, 5) is 5.90. The molecule has 0 bridgehead atoms. The van der Waals surface area contributed by atoms with Gasteiger partial charge in [0.25, 0.3) is 0 Å². The zero-order valence-electron chi connectivity index (χ0n) is 16.8. The van der Waals surface area contributed by atoms with Gasteiger partial charge in [0.05, 0.1) is 0 Å². The summed E-state index contributed by atoms with van der Waals surface area (Å²) in [6.45, 7) is 7.29. The maximum atomic E-state index is 10.4. The van der Waals surface area contributed by atoms with Crippen LogP contribution in [0.25, 0.3) is 10.9 Å². The van der Waals surface area contributed by atoms with E-state index in [1.807, 2.05) is 24.3 Å². The van der Waals surface area contributed by atoms with Gasteiger partial charge in [0, 0.05) is 23.1 Å². The molecule has 3 aromatic rings. The number of aromatic amines is 1. The standard InChI is InChI=1S/C24H30N2O2/c1-17-7-9-21(10-8-17)28-16-20(27)15-26-13-11-19(12-14-26)24-18(2)25-23-6-4-3-5-22(23)24/h3-10,19-20,25,27H,11-16H2,1-2H3. The van der Waals surface area contributed by atoms with Gasteiger partial charge < -0.3 is 19.7 Å². The highest BCUT2D eigenvalue weighted by Gasteiger charge is 2.25. The minimum absolute atomic E-state index is 0.338. The molecule has 148 valence electrons. The highest BCUT2D eigenvalue weighted by Crippen LogP contribution is 2.35. The first-order valence-corrected chi connectivity index (χ1v) is 10.3. The fourth-order valence-electron chi connectivity index (χ4n) is 4.41. The number of fused-ring (bicyclic) bond motifs is 1. The molecule has 2 heterocycles. The lowest BCUT2D eigenvalue weighted by atomic mass is 9.87. The first-order valence-electron chi connectivity index (χ1n) is 10.3. The van der Waals surface area contributed by atoms with Crippen LogP contribution < -0.4 is 4.74 Å². The lowest BCUT2D eigenvalue weighted by Crippen LogP contribution is -2.40. The predicted molar refractivity (Wildman–Crippen MR) is 114 cm³/mol. The van der Waals surface area contributed by atoms with Gasteiger partial charge in [0.1, 0.15) is 18.5 Å². The van der Waals surface area contributed by atoms with E-state index in [9.17, 15) is 5.11 Å². The molecule has 1 atom stereocenters. The average molecular weight is 379 g/mol. The molecule has 28 heavy (non-hydrogen) atoms. The second-order valence-electron chi connectivity index (χ2n) is 8.06. The SMILES string of the molecule is Cc1ccc(OCC(O)CN2CCC(c3c(C)[nH]c4ccccc34)CC2)cc1. The molecule has 0 radical (unpaired) electrons. The van der Waals surface area contributed by atoms with Gasteiger partial charge in [-0.05, 0) is 69.5 Å². The van der Waals surface area contributed by atoms with Crippen LogP contribution in [0.4, 0.5) is 0 Å². The quantitative estimate of drug-likeness (QED) is 0.668. The lowest BCUT2D eigenvalue weighted by molar-refractivity contribution is 0.0594. The van der Waals surface area contributed by atoms with Crippen LogP contribution in [-0.2, 0) is 0 Å². The van der Waals surface area contributed by atoms with E-state index in [2.05, 4.69) is 48.0 Å². The van der Waals surface area contributed by atoms with Gasteiger partial charge in [0.2, 0.25) is 0 Å². The van der Waals surface area contributed by atoms with Gasteiger partial charge in [-0.15, -0.1) is 0 Å². The maximum Gasteiger partial charge on any atom is 0.119 e. The first-order chi connectivity index (χ1) is 13.6. The van der Waals surface area contributed by atoms with Crippen LogP contribution in [0.2, 0.25) is 0 Å². The molecule has 1 aliphatic rings. The third-order valence-corrected chi connectivity index (χ3v) is 5.87. The zero-order valence-corrected chi connectivity index (χ0v) is 16.8. The second-order valence-corrected chi connectivity index (χ2v) is 8.06. The summed E-state index contributed by atoms with van der Waals surface area (Å²) < 4.78 is 5.73. The van der Waals surface area contributed by atoms with Crippen LogP contribution in [0.15, 0.2) is 48.5 Å². The van der Waals surface area contributed by atoms with E-state index in [4.69, 9.17) is 4.74 Å². The Morgan fingerprint density at radius 3 is 2.54 bits per heavy atom. The van der Waals surface area contributed by atoms with E-state index in [0.717, 1.165) is 31.7 Å². The molecule has 2 N–H and O–H groups in total. The number of benzene rings is 2. The van der Waals surface area contributed by atoms with Gasteiger partial charge in [-0.1, -0.05) is 35.9 Å². The number of β-amino-alcohol motifs (C(OH)–C–C–N with tert-alkyl or cyclic N) is 1. The van der Waals surface area contributed by atoms with Crippen molar-refractivity contribution < 1.29 is 9.84 Å². The normalized spacial score (nSPS) is 17.1. The second kappa shape index (κ2) is 8.38. The van der Waals surface area contributed by atoms with Gasteiger partial charge in [0.15, 0.2) is 0 Å². The van der Waals surface area contributed by atoms with E-state index in [0.29, 0.717) is 19.1 Å². The Labute approximate surface area is 167 Å². The van der Waals surface area contributed by atoms with Crippen molar-refractivity contribution in [3.05, 3.63) is 65.4 Å². The molecule has 4 heteroatoms. The number of para-hydroxylation sites is 1. The van der Waals surface area contributed by atoms with Gasteiger partial charge >= 0.3 is 0 Å². The molecular formula is C24H30N2O2. The van der Waals surface area contributed by atoms with E-state index >= 15 is 0 Å². The molecule has 2 aromatic carbocycles. The number of rotatable bonds is 6. The van der Waals surface area contributed by atoms with Gasteiger partial charge in [-0.3, -0.25) is 0 Å². The van der Waals surface area contributed by atoms with Crippen molar-refractivity contribution in [2.75, 3.05) is 26.2 Å². The Kier molecular flexibility index (Phi) is 5.69. The molecule has 4 nitrogen and oxygen atoms in total. The molecule has 0 amide bonds. The number of hydrogen-bond acceptors (Lipinski definition) is 3. The summed E-state index contributed by atoms with van der Waals surface area (Å²) >= 11 is 0. The molecule has 1 fully saturated rings. The first kappa shape index (κ1) is 19.0. The van der Waals surface area contributed by atoms with Crippen molar-refractivity contribution in [3.8, 4) is 5.75 Å². The molecule has 1 aromatic heterocycles. The topological polar surface area (TPSA) is 48.5 Å². The molecule has 0 spiro atoms. The number of aryl methyl sites for hydroxylation is 2. The Morgan fingerprint density at radius 1 is 1.07 bits per heavy atom. The summed E-state index contributed by atoms with van der Waals surface area (Å²) in [5.74, 6) is 1.41. The lowest BCUT2D eigenvalue weighted by Gasteiger charge is -2.33. The molecule has 1 saturated heterocycles. The molecule has 0 aliphatic carbocycles. The number of hydrogen-bond donors (Lipinski definition) is 2. The number of piperidine rings is 1.